The highest BCUT2D eigenvalue weighted by atomic mass is 16.3. The van der Waals surface area contributed by atoms with Crippen molar-refractivity contribution in [1.82, 2.24) is 9.97 Å². The van der Waals surface area contributed by atoms with E-state index in [1.54, 1.807) is 6.92 Å². The monoisotopic (exact) mass is 237 g/mol. The fourth-order valence-electron chi connectivity index (χ4n) is 2.47. The van der Waals surface area contributed by atoms with Crippen LogP contribution in [0.5, 0.6) is 0 Å². The largest absolute Gasteiger partial charge is 0.388 e. The predicted molar refractivity (Wildman–Crippen MR) is 66.3 cm³/mol. The Bertz CT molecular complexity index is 449. The van der Waals surface area contributed by atoms with Gasteiger partial charge in [0.2, 0.25) is 0 Å². The third-order valence-electron chi connectivity index (χ3n) is 3.30. The van der Waals surface area contributed by atoms with Gasteiger partial charge in [0.15, 0.2) is 0 Å². The van der Waals surface area contributed by atoms with Gasteiger partial charge < -0.3 is 15.0 Å². The number of H-pyrrole nitrogens is 1. The summed E-state index contributed by atoms with van der Waals surface area (Å²) in [6.45, 7) is 2.28. The summed E-state index contributed by atoms with van der Waals surface area (Å²) in [4.78, 5) is 20.1. The van der Waals surface area contributed by atoms with E-state index in [2.05, 4.69) is 9.97 Å². The highest BCUT2D eigenvalue weighted by Crippen LogP contribution is 2.30. The van der Waals surface area contributed by atoms with Crippen LogP contribution in [0.4, 0.5) is 5.82 Å². The molecule has 94 valence electrons. The van der Waals surface area contributed by atoms with Crippen LogP contribution in [0.15, 0.2) is 10.9 Å². The van der Waals surface area contributed by atoms with Gasteiger partial charge in [-0.3, -0.25) is 4.79 Å². The zero-order valence-electron chi connectivity index (χ0n) is 10.4. The molecule has 2 N–H and O–H groups in total. The molecule has 0 unspecified atom stereocenters. The molecule has 0 radical (unpaired) electrons. The van der Waals surface area contributed by atoms with Crippen LogP contribution >= 0.6 is 0 Å². The lowest BCUT2D eigenvalue weighted by molar-refractivity contribution is 0.0558. The number of hydrogen-bond acceptors (Lipinski definition) is 4. The van der Waals surface area contributed by atoms with Crippen LogP contribution in [0.25, 0.3) is 0 Å². The van der Waals surface area contributed by atoms with Gasteiger partial charge in [0.25, 0.3) is 5.56 Å². The minimum absolute atomic E-state index is 0.155. The lowest BCUT2D eigenvalue weighted by Crippen LogP contribution is -2.40. The number of nitrogens with zero attached hydrogens (tertiary/aromatic N) is 2. The molecule has 0 saturated heterocycles. The van der Waals surface area contributed by atoms with E-state index < -0.39 is 5.60 Å². The first kappa shape index (κ1) is 12.1. The van der Waals surface area contributed by atoms with Crippen LogP contribution in [0.1, 0.15) is 31.5 Å². The number of aromatic nitrogens is 2. The van der Waals surface area contributed by atoms with E-state index in [1.807, 2.05) is 11.9 Å². The molecule has 0 spiro atoms. The van der Waals surface area contributed by atoms with Crippen molar-refractivity contribution < 1.29 is 5.11 Å². The predicted octanol–water partition coefficient (Wildman–Crippen LogP) is 0.820. The maximum atomic E-state index is 11.3. The van der Waals surface area contributed by atoms with Gasteiger partial charge in [0.1, 0.15) is 11.6 Å². The fourth-order valence-corrected chi connectivity index (χ4v) is 2.47. The van der Waals surface area contributed by atoms with Crippen molar-refractivity contribution in [1.29, 1.82) is 0 Å². The first-order chi connectivity index (χ1) is 7.98. The summed E-state index contributed by atoms with van der Waals surface area (Å²) in [6.07, 6.45) is 3.82. The molecule has 1 aromatic rings. The molecule has 1 heterocycles. The Morgan fingerprint density at radius 3 is 2.76 bits per heavy atom. The van der Waals surface area contributed by atoms with Crippen LogP contribution in [-0.4, -0.2) is 34.3 Å². The highest BCUT2D eigenvalue weighted by Gasteiger charge is 2.32. The Kier molecular flexibility index (Phi) is 3.19. The fraction of sp³-hybridized carbons (Fsp3) is 0.667. The van der Waals surface area contributed by atoms with E-state index in [-0.39, 0.29) is 5.56 Å². The molecule has 1 fully saturated rings. The average Bonchev–Trinajstić information content (AvgIpc) is 2.63. The molecule has 0 aromatic carbocycles. The highest BCUT2D eigenvalue weighted by molar-refractivity contribution is 5.36. The number of likely N-dealkylation sites (N-methyl/N-ethyl adjacent to an activating group) is 1. The Hall–Kier alpha value is -1.36. The van der Waals surface area contributed by atoms with Crippen molar-refractivity contribution in [3.63, 3.8) is 0 Å². The Morgan fingerprint density at radius 1 is 1.53 bits per heavy atom. The second-order valence-electron chi connectivity index (χ2n) is 4.98. The smallest absolute Gasteiger partial charge is 0.252 e. The second-order valence-corrected chi connectivity index (χ2v) is 4.98. The van der Waals surface area contributed by atoms with Gasteiger partial charge in [0.05, 0.1) is 5.60 Å². The Morgan fingerprint density at radius 2 is 2.18 bits per heavy atom. The number of hydrogen-bond donors (Lipinski definition) is 2. The molecule has 1 aliphatic carbocycles. The summed E-state index contributed by atoms with van der Waals surface area (Å²) in [5, 5.41) is 10.3. The first-order valence-corrected chi connectivity index (χ1v) is 6.00. The van der Waals surface area contributed by atoms with Crippen LogP contribution in [0.3, 0.4) is 0 Å². The lowest BCUT2D eigenvalue weighted by atomic mass is 10.0. The maximum Gasteiger partial charge on any atom is 0.252 e. The van der Waals surface area contributed by atoms with Gasteiger partial charge in [0, 0.05) is 19.7 Å². The van der Waals surface area contributed by atoms with E-state index in [9.17, 15) is 9.90 Å². The van der Waals surface area contributed by atoms with Crippen LogP contribution in [0, 0.1) is 6.92 Å². The minimum atomic E-state index is -0.618. The summed E-state index contributed by atoms with van der Waals surface area (Å²) in [6, 6.07) is 1.46. The lowest BCUT2D eigenvalue weighted by Gasteiger charge is -2.29. The van der Waals surface area contributed by atoms with Gasteiger partial charge in [-0.2, -0.15) is 0 Å². The Balaban J connectivity index is 2.13. The van der Waals surface area contributed by atoms with E-state index in [0.717, 1.165) is 25.7 Å². The first-order valence-electron chi connectivity index (χ1n) is 6.00. The molecule has 2 rings (SSSR count). The molecule has 1 aliphatic rings. The van der Waals surface area contributed by atoms with Crippen molar-refractivity contribution in [2.45, 2.75) is 38.2 Å². The van der Waals surface area contributed by atoms with E-state index >= 15 is 0 Å². The third-order valence-corrected chi connectivity index (χ3v) is 3.30. The molecular formula is C12H19N3O2. The standard InChI is InChI=1S/C12H19N3O2/c1-9-13-10(7-11(16)14-9)15(2)8-12(17)5-3-4-6-12/h7,17H,3-6,8H2,1-2H3,(H,13,14,16). The molecule has 5 heteroatoms. The normalized spacial score (nSPS) is 18.3. The van der Waals surface area contributed by atoms with E-state index in [1.165, 1.54) is 6.07 Å². The van der Waals surface area contributed by atoms with Crippen LogP contribution in [-0.2, 0) is 0 Å². The quantitative estimate of drug-likeness (QED) is 0.816. The summed E-state index contributed by atoms with van der Waals surface area (Å²) >= 11 is 0. The second kappa shape index (κ2) is 4.49. The molecule has 1 saturated carbocycles. The van der Waals surface area contributed by atoms with Gasteiger partial charge in [-0.25, -0.2) is 4.98 Å². The third kappa shape index (κ3) is 2.85. The van der Waals surface area contributed by atoms with Crippen molar-refractivity contribution in [3.05, 3.63) is 22.2 Å². The number of nitrogens with one attached hydrogen (secondary N) is 1. The number of rotatable bonds is 3. The molecule has 0 atom stereocenters. The molecule has 5 nitrogen and oxygen atoms in total. The minimum Gasteiger partial charge on any atom is -0.388 e. The summed E-state index contributed by atoms with van der Waals surface area (Å²) < 4.78 is 0. The summed E-state index contributed by atoms with van der Waals surface area (Å²) in [5.74, 6) is 1.21. The zero-order valence-corrected chi connectivity index (χ0v) is 10.4. The van der Waals surface area contributed by atoms with E-state index in [4.69, 9.17) is 0 Å². The van der Waals surface area contributed by atoms with Gasteiger partial charge >= 0.3 is 0 Å². The van der Waals surface area contributed by atoms with Crippen molar-refractivity contribution in [2.24, 2.45) is 0 Å². The molecular weight excluding hydrogens is 218 g/mol. The zero-order chi connectivity index (χ0) is 12.5. The molecule has 0 aliphatic heterocycles. The number of aromatic amines is 1. The number of aryl methyl sites for hydroxylation is 1. The number of aliphatic hydroxyl groups is 1. The summed E-state index contributed by atoms with van der Waals surface area (Å²) in [5.41, 5.74) is -0.773. The maximum absolute atomic E-state index is 11.3. The topological polar surface area (TPSA) is 69.2 Å². The van der Waals surface area contributed by atoms with Crippen molar-refractivity contribution >= 4 is 5.82 Å². The van der Waals surface area contributed by atoms with Crippen molar-refractivity contribution in [3.8, 4) is 0 Å². The molecule has 17 heavy (non-hydrogen) atoms. The van der Waals surface area contributed by atoms with Gasteiger partial charge in [-0.05, 0) is 19.8 Å². The van der Waals surface area contributed by atoms with Crippen molar-refractivity contribution in [2.75, 3.05) is 18.5 Å². The Labute approximate surface area is 100 Å². The summed E-state index contributed by atoms with van der Waals surface area (Å²) in [7, 11) is 1.86. The molecule has 0 amide bonds. The van der Waals surface area contributed by atoms with Gasteiger partial charge in [-0.1, -0.05) is 12.8 Å². The van der Waals surface area contributed by atoms with Crippen LogP contribution in [0.2, 0.25) is 0 Å². The molecule has 1 aromatic heterocycles. The average molecular weight is 237 g/mol. The SMILES string of the molecule is Cc1nc(N(C)CC2(O)CCCC2)cc(=O)[nH]1. The van der Waals surface area contributed by atoms with Gasteiger partial charge in [-0.15, -0.1) is 0 Å². The van der Waals surface area contributed by atoms with E-state index in [0.29, 0.717) is 18.2 Å². The van der Waals surface area contributed by atoms with Crippen LogP contribution < -0.4 is 10.5 Å². The molecule has 0 bridgehead atoms. The number of anilines is 1.